The van der Waals surface area contributed by atoms with Gasteiger partial charge in [-0.2, -0.15) is 0 Å². The molecule has 4 aliphatic carbocycles. The lowest BCUT2D eigenvalue weighted by molar-refractivity contribution is -0.394. The second-order valence-electron chi connectivity index (χ2n) is 21.2. The van der Waals surface area contributed by atoms with Crippen molar-refractivity contribution in [2.24, 2.45) is 46.3 Å². The van der Waals surface area contributed by atoms with Crippen molar-refractivity contribution in [2.45, 2.75) is 202 Å². The first-order valence-corrected chi connectivity index (χ1v) is 23.5. The van der Waals surface area contributed by atoms with Crippen molar-refractivity contribution in [3.05, 3.63) is 11.6 Å². The van der Waals surface area contributed by atoms with Crippen LogP contribution in [0.1, 0.15) is 92.4 Å². The first-order chi connectivity index (χ1) is 29.4. The highest BCUT2D eigenvalue weighted by Crippen LogP contribution is 2.70. The number of rotatable bonds is 8. The molecule has 0 aromatic carbocycles. The van der Waals surface area contributed by atoms with E-state index >= 15 is 0 Å². The van der Waals surface area contributed by atoms with E-state index in [2.05, 4.69) is 39.1 Å². The van der Waals surface area contributed by atoms with E-state index in [1.807, 2.05) is 0 Å². The number of ether oxygens (including phenoxy) is 7. The normalized spacial score (nSPS) is 57.6. The fourth-order valence-corrected chi connectivity index (χ4v) is 14.2. The smallest absolute Gasteiger partial charge is 0.187 e. The Balaban J connectivity index is 0.940. The van der Waals surface area contributed by atoms with Crippen LogP contribution >= 0.6 is 0 Å². The monoisotopic (exact) mass is 883 g/mol. The van der Waals surface area contributed by atoms with Gasteiger partial charge < -0.3 is 79.1 Å². The predicted molar refractivity (Wildman–Crippen MR) is 216 cm³/mol. The van der Waals surface area contributed by atoms with Gasteiger partial charge in [0.05, 0.1) is 31.5 Å². The average molecular weight is 884 g/mol. The second-order valence-corrected chi connectivity index (χ2v) is 21.2. The van der Waals surface area contributed by atoms with Gasteiger partial charge in [0, 0.05) is 12.5 Å². The molecular formula is C45H73NO16. The molecule has 17 nitrogen and oxygen atoms in total. The number of fused-ring (bicyclic) bond motifs is 7. The molecule has 3 saturated carbocycles. The maximum atomic E-state index is 11.6. The Morgan fingerprint density at radius 3 is 2.05 bits per heavy atom. The fraction of sp³-hybridized carbons (Fsp3) is 0.956. The Kier molecular flexibility index (Phi) is 12.9. The lowest BCUT2D eigenvalue weighted by Gasteiger charge is -2.59. The summed E-state index contributed by atoms with van der Waals surface area (Å²) < 4.78 is 43.9. The minimum atomic E-state index is -1.84. The predicted octanol–water partition coefficient (Wildman–Crippen LogP) is -0.213. The van der Waals surface area contributed by atoms with Gasteiger partial charge in [-0.1, -0.05) is 39.3 Å². The van der Waals surface area contributed by atoms with Crippen molar-refractivity contribution < 1.29 is 79.1 Å². The molecule has 0 radical (unpaired) electrons. The second kappa shape index (κ2) is 17.3. The zero-order valence-electron chi connectivity index (χ0n) is 36.7. The molecule has 0 amide bonds. The summed E-state index contributed by atoms with van der Waals surface area (Å²) in [7, 11) is 0. The molecule has 17 heteroatoms. The summed E-state index contributed by atoms with van der Waals surface area (Å²) in [6, 6.07) is 0. The zero-order chi connectivity index (χ0) is 44.2. The van der Waals surface area contributed by atoms with Gasteiger partial charge in [-0.3, -0.25) is 5.32 Å². The topological polar surface area (TPSA) is 259 Å². The van der Waals surface area contributed by atoms with E-state index in [0.29, 0.717) is 48.3 Å². The molecule has 1 spiro atoms. The van der Waals surface area contributed by atoms with E-state index in [1.165, 1.54) is 25.3 Å². The van der Waals surface area contributed by atoms with Crippen LogP contribution < -0.4 is 5.32 Å². The SMILES string of the molecule is CC1CCC2(NC1)OC1CC3C4CC=C5C[C@@H](O[C@@H]6O[C@H](CO)[C@H](O)[C@@H](O[C@@H]7O[C@H](CO)[C@@H](O)[C@@H](O)[C@H]7O)[C@H]6O[C@@H]6O[C@H](C)[C@H](O)[C@@H](O)[C@H]6O)CC[C@]5(C)C4CC[C@]3(C)C1C2C. The van der Waals surface area contributed by atoms with Crippen LogP contribution in [0.2, 0.25) is 0 Å². The highest BCUT2D eigenvalue weighted by Gasteiger charge is 2.68. The molecule has 8 unspecified atom stereocenters. The van der Waals surface area contributed by atoms with Crippen molar-refractivity contribution in [3.8, 4) is 0 Å². The summed E-state index contributed by atoms with van der Waals surface area (Å²) in [5.74, 6) is 3.32. The number of allylic oxidation sites excluding steroid dienone is 1. The maximum Gasteiger partial charge on any atom is 0.187 e. The van der Waals surface area contributed by atoms with Crippen LogP contribution in [-0.2, 0) is 33.2 Å². The Hall–Kier alpha value is -0.940. The standard InChI is InChI=1S/C45H73NO16/c1-19-8-13-45(46-16-19)20(2)30-27(62-45)15-26-24-7-6-22-14-23(9-11-43(22,4)25(24)10-12-44(26,30)5)57-42-39(61-40-36(54)34(52)31(49)21(3)56-40)38(33(51)29(18-48)59-42)60-41-37(55)35(53)32(50)28(17-47)58-41/h6,19-21,23-42,46-55H,7-18H2,1-5H3/t19?,20?,21-,23+,24?,25?,26?,27?,28-,29-,30?,31+,32-,33+,34-,35-,36-,37-,38-,39-,40+,41+,42-,43+,44+,45?/m1/s1. The highest BCUT2D eigenvalue weighted by molar-refractivity contribution is 5.26. The van der Waals surface area contributed by atoms with E-state index in [9.17, 15) is 46.0 Å². The molecular weight excluding hydrogens is 810 g/mol. The molecule has 9 aliphatic rings. The van der Waals surface area contributed by atoms with Crippen molar-refractivity contribution in [3.63, 3.8) is 0 Å². The van der Waals surface area contributed by atoms with Crippen LogP contribution in [0.5, 0.6) is 0 Å². The summed E-state index contributed by atoms with van der Waals surface area (Å²) in [5, 5.41) is 99.7. The Morgan fingerprint density at radius 2 is 1.35 bits per heavy atom. The van der Waals surface area contributed by atoms with Gasteiger partial charge in [-0.25, -0.2) is 0 Å². The molecule has 0 bridgehead atoms. The van der Waals surface area contributed by atoms with Crippen molar-refractivity contribution >= 4 is 0 Å². The number of hydrogen-bond donors (Lipinski definition) is 10. The maximum absolute atomic E-state index is 11.6. The van der Waals surface area contributed by atoms with Crippen LogP contribution in [0, 0.1) is 46.3 Å². The van der Waals surface area contributed by atoms with Gasteiger partial charge in [0.25, 0.3) is 0 Å². The molecule has 62 heavy (non-hydrogen) atoms. The van der Waals surface area contributed by atoms with Crippen molar-refractivity contribution in [1.29, 1.82) is 0 Å². The number of aliphatic hydroxyl groups is 9. The largest absolute Gasteiger partial charge is 0.394 e. The first kappa shape index (κ1) is 46.2. The lowest BCUT2D eigenvalue weighted by Crippen LogP contribution is -2.67. The minimum absolute atomic E-state index is 0.0361. The third-order valence-corrected chi connectivity index (χ3v) is 17.9. The molecule has 8 fully saturated rings. The minimum Gasteiger partial charge on any atom is -0.394 e. The van der Waals surface area contributed by atoms with Gasteiger partial charge in [0.1, 0.15) is 72.9 Å². The van der Waals surface area contributed by atoms with E-state index in [-0.39, 0.29) is 22.7 Å². The number of hydrogen-bond acceptors (Lipinski definition) is 17. The van der Waals surface area contributed by atoms with Crippen molar-refractivity contribution in [2.75, 3.05) is 19.8 Å². The molecule has 5 saturated heterocycles. The molecule has 5 heterocycles. The zero-order valence-corrected chi connectivity index (χ0v) is 36.7. The van der Waals surface area contributed by atoms with Crippen LogP contribution in [0.3, 0.4) is 0 Å². The van der Waals surface area contributed by atoms with Gasteiger partial charge >= 0.3 is 0 Å². The summed E-state index contributed by atoms with van der Waals surface area (Å²) >= 11 is 0. The van der Waals surface area contributed by atoms with Crippen LogP contribution in [0.15, 0.2) is 11.6 Å². The quantitative estimate of drug-likeness (QED) is 0.142. The molecule has 0 aromatic heterocycles. The summed E-state index contributed by atoms with van der Waals surface area (Å²) in [5.41, 5.74) is 1.32. The third kappa shape index (κ3) is 7.49. The summed E-state index contributed by atoms with van der Waals surface area (Å²) in [6.07, 6.45) is -11.9. The summed E-state index contributed by atoms with van der Waals surface area (Å²) in [4.78, 5) is 0. The molecule has 10 N–H and O–H groups in total. The average Bonchev–Trinajstić information content (AvgIpc) is 3.70. The Labute approximate surface area is 364 Å². The molecule has 26 atom stereocenters. The van der Waals surface area contributed by atoms with Gasteiger partial charge in [-0.15, -0.1) is 0 Å². The highest BCUT2D eigenvalue weighted by atomic mass is 16.8. The number of piperidine rings is 1. The lowest BCUT2D eigenvalue weighted by atomic mass is 9.47. The third-order valence-electron chi connectivity index (χ3n) is 17.9. The van der Waals surface area contributed by atoms with Crippen LogP contribution in [-0.4, -0.2) is 176 Å². The molecule has 0 aromatic rings. The van der Waals surface area contributed by atoms with E-state index in [4.69, 9.17) is 33.2 Å². The van der Waals surface area contributed by atoms with E-state index in [0.717, 1.165) is 38.6 Å². The van der Waals surface area contributed by atoms with Gasteiger partial charge in [0.2, 0.25) is 0 Å². The van der Waals surface area contributed by atoms with Gasteiger partial charge in [-0.05, 0) is 105 Å². The molecule has 9 rings (SSSR count). The van der Waals surface area contributed by atoms with Crippen LogP contribution in [0.25, 0.3) is 0 Å². The first-order valence-electron chi connectivity index (χ1n) is 23.5. The summed E-state index contributed by atoms with van der Waals surface area (Å²) in [6.45, 7) is 10.8. The van der Waals surface area contributed by atoms with Crippen molar-refractivity contribution in [1.82, 2.24) is 5.32 Å². The molecule has 5 aliphatic heterocycles. The Morgan fingerprint density at radius 1 is 0.694 bits per heavy atom. The van der Waals surface area contributed by atoms with Crippen LogP contribution in [0.4, 0.5) is 0 Å². The fourth-order valence-electron chi connectivity index (χ4n) is 14.2. The van der Waals surface area contributed by atoms with Gasteiger partial charge in [0.15, 0.2) is 18.9 Å². The van der Waals surface area contributed by atoms with E-state index < -0.39 is 111 Å². The Bertz CT molecular complexity index is 1610. The van der Waals surface area contributed by atoms with E-state index in [1.54, 1.807) is 0 Å². The number of nitrogens with one attached hydrogen (secondary N) is 1. The molecule has 354 valence electrons. The number of aliphatic hydroxyl groups excluding tert-OH is 9.